The van der Waals surface area contributed by atoms with Crippen molar-refractivity contribution >= 4 is 0 Å². The van der Waals surface area contributed by atoms with Crippen LogP contribution in [0.4, 0.5) is 13.2 Å². The average Bonchev–Trinajstić information content (AvgIpc) is 2.46. The van der Waals surface area contributed by atoms with Gasteiger partial charge < -0.3 is 4.74 Å². The summed E-state index contributed by atoms with van der Waals surface area (Å²) in [5.74, 6) is 0.613. The fraction of sp³-hybridized carbons (Fsp3) is 0.250. The summed E-state index contributed by atoms with van der Waals surface area (Å²) < 4.78 is 42.6. The molecule has 2 nitrogen and oxygen atoms in total. The maximum atomic E-state index is 12.7. The van der Waals surface area contributed by atoms with E-state index in [1.807, 2.05) is 0 Å². The van der Waals surface area contributed by atoms with Crippen LogP contribution in [0.5, 0.6) is 5.75 Å². The largest absolute Gasteiger partial charge is 0.497 e. The van der Waals surface area contributed by atoms with Crippen LogP contribution in [0.25, 0.3) is 0 Å². The van der Waals surface area contributed by atoms with Crippen molar-refractivity contribution in [2.24, 2.45) is 0 Å². The molecule has 0 aliphatic carbocycles. The Morgan fingerprint density at radius 2 is 1.19 bits per heavy atom. The highest BCUT2D eigenvalue weighted by Gasteiger charge is 2.32. The highest BCUT2D eigenvalue weighted by Crippen LogP contribution is 2.34. The highest BCUT2D eigenvalue weighted by atomic mass is 19.4. The number of hydrogen-bond acceptors (Lipinski definition) is 1. The molecule has 0 aromatic heterocycles. The second kappa shape index (κ2) is 5.41. The summed E-state index contributed by atoms with van der Waals surface area (Å²) in [6, 6.07) is 10.8. The average molecular weight is 295 g/mol. The minimum absolute atomic E-state index is 0.278. The lowest BCUT2D eigenvalue weighted by molar-refractivity contribution is -0.137. The predicted molar refractivity (Wildman–Crippen MR) is 71.6 cm³/mol. The van der Waals surface area contributed by atoms with E-state index < -0.39 is 17.3 Å². The Labute approximate surface area is 120 Å². The Bertz CT molecular complexity index is 599. The Balaban J connectivity index is 2.34. The smallest absolute Gasteiger partial charge is 0.416 e. The number of alkyl halides is 3. The summed E-state index contributed by atoms with van der Waals surface area (Å²) in [5.41, 5.74) is -1.66. The molecule has 0 heterocycles. The van der Waals surface area contributed by atoms with Crippen LogP contribution < -0.4 is 4.74 Å². The molecule has 5 heteroatoms. The monoisotopic (exact) mass is 295 g/mol. The third-order valence-corrected chi connectivity index (χ3v) is 3.40. The van der Waals surface area contributed by atoms with Crippen molar-refractivity contribution in [3.05, 3.63) is 65.2 Å². The minimum Gasteiger partial charge on any atom is -0.497 e. The van der Waals surface area contributed by atoms with Gasteiger partial charge in [-0.2, -0.15) is 13.2 Å². The van der Waals surface area contributed by atoms with Crippen LogP contribution in [0.1, 0.15) is 23.6 Å². The molecule has 0 aliphatic heterocycles. The lowest BCUT2D eigenvalue weighted by atomic mass is 9.88. The lowest BCUT2D eigenvalue weighted by Gasteiger charge is -2.22. The maximum Gasteiger partial charge on any atom is 0.416 e. The molecular weight excluding hydrogens is 281 g/mol. The number of halogens is 3. The van der Waals surface area contributed by atoms with E-state index in [0.717, 1.165) is 12.1 Å². The zero-order valence-electron chi connectivity index (χ0n) is 11.6. The van der Waals surface area contributed by atoms with Gasteiger partial charge in [0.05, 0.1) is 12.7 Å². The molecule has 1 unspecified atom stereocenters. The van der Waals surface area contributed by atoms with E-state index in [0.29, 0.717) is 11.3 Å². The predicted octanol–water partition coefficient (Wildman–Crippen LogP) is 4.41. The van der Waals surface area contributed by atoms with Crippen molar-refractivity contribution in [1.29, 1.82) is 0 Å². The summed E-state index contributed by atoms with van der Waals surface area (Å²) >= 11 is 0. The number of benzene rings is 2. The summed E-state index contributed by atoms with van der Waals surface area (Å²) in [4.78, 5) is 0. The maximum absolute atomic E-state index is 12.7. The van der Waals surface area contributed by atoms with E-state index in [4.69, 9.17) is 4.74 Å². The number of hydrogen-bond donors (Lipinski definition) is 0. The van der Waals surface area contributed by atoms with E-state index in [-0.39, 0.29) is 5.56 Å². The quantitative estimate of drug-likeness (QED) is 0.824. The molecule has 111 valence electrons. The molecule has 1 radical (unpaired) electrons. The zero-order valence-corrected chi connectivity index (χ0v) is 11.6. The molecule has 2 aromatic carbocycles. The molecule has 2 rings (SSSR count). The van der Waals surface area contributed by atoms with Crippen molar-refractivity contribution in [3.8, 4) is 5.75 Å². The molecule has 0 saturated heterocycles. The number of rotatable bonds is 3. The van der Waals surface area contributed by atoms with Crippen molar-refractivity contribution < 1.29 is 23.0 Å². The summed E-state index contributed by atoms with van der Waals surface area (Å²) in [6.45, 7) is 1.43. The van der Waals surface area contributed by atoms with Gasteiger partial charge in [-0.3, -0.25) is 0 Å². The molecular formula is C16H14F3O2. The summed E-state index contributed by atoms with van der Waals surface area (Å²) in [7, 11) is 1.52. The van der Waals surface area contributed by atoms with Crippen molar-refractivity contribution in [2.75, 3.05) is 7.11 Å². The van der Waals surface area contributed by atoms with Crippen LogP contribution >= 0.6 is 0 Å². The fourth-order valence-corrected chi connectivity index (χ4v) is 2.05. The van der Waals surface area contributed by atoms with E-state index in [2.05, 4.69) is 0 Å². The topological polar surface area (TPSA) is 29.1 Å². The Hall–Kier alpha value is -2.01. The van der Waals surface area contributed by atoms with Gasteiger partial charge >= 0.3 is 6.18 Å². The van der Waals surface area contributed by atoms with Gasteiger partial charge in [0.15, 0.2) is 5.60 Å². The van der Waals surface area contributed by atoms with Crippen LogP contribution in [-0.4, -0.2) is 7.11 Å². The van der Waals surface area contributed by atoms with Gasteiger partial charge in [-0.1, -0.05) is 24.3 Å². The Morgan fingerprint density at radius 3 is 1.57 bits per heavy atom. The molecule has 0 amide bonds. The zero-order chi connectivity index (χ0) is 15.7. The van der Waals surface area contributed by atoms with Crippen LogP contribution in [0.15, 0.2) is 48.5 Å². The molecule has 0 N–H and O–H groups in total. The molecule has 2 aromatic rings. The molecule has 21 heavy (non-hydrogen) atoms. The first-order chi connectivity index (χ1) is 9.75. The molecule has 0 bridgehead atoms. The van der Waals surface area contributed by atoms with E-state index in [9.17, 15) is 18.3 Å². The van der Waals surface area contributed by atoms with Crippen LogP contribution in [-0.2, 0) is 16.9 Å². The number of ether oxygens (including phenoxy) is 1. The van der Waals surface area contributed by atoms with Gasteiger partial charge in [-0.05, 0) is 42.3 Å². The molecule has 1 atom stereocenters. The first-order valence-electron chi connectivity index (χ1n) is 6.28. The highest BCUT2D eigenvalue weighted by molar-refractivity contribution is 5.39. The normalized spacial score (nSPS) is 14.6. The van der Waals surface area contributed by atoms with Gasteiger partial charge in [-0.25, -0.2) is 5.11 Å². The van der Waals surface area contributed by atoms with Gasteiger partial charge in [0.2, 0.25) is 0 Å². The third-order valence-electron chi connectivity index (χ3n) is 3.40. The molecule has 0 aliphatic rings. The van der Waals surface area contributed by atoms with E-state index in [1.165, 1.54) is 26.2 Å². The van der Waals surface area contributed by atoms with Gasteiger partial charge in [0.1, 0.15) is 5.75 Å². The second-order valence-electron chi connectivity index (χ2n) is 4.84. The van der Waals surface area contributed by atoms with Crippen molar-refractivity contribution in [1.82, 2.24) is 0 Å². The van der Waals surface area contributed by atoms with E-state index >= 15 is 0 Å². The standard InChI is InChI=1S/C16H14F3O2/c1-15(20,12-7-9-14(21-2)10-8-12)11-3-5-13(6-4-11)16(17,18)19/h3-10H,1-2H3. The Kier molecular flexibility index (Phi) is 3.96. The number of methoxy groups -OCH3 is 1. The molecule has 0 saturated carbocycles. The Morgan fingerprint density at radius 1 is 0.810 bits per heavy atom. The van der Waals surface area contributed by atoms with Crippen molar-refractivity contribution in [3.63, 3.8) is 0 Å². The summed E-state index contributed by atoms with van der Waals surface area (Å²) in [5, 5.41) is 12.7. The SMILES string of the molecule is COc1ccc(C(C)([O])c2ccc(C(F)(F)F)cc2)cc1. The third kappa shape index (κ3) is 3.19. The molecule has 0 spiro atoms. The lowest BCUT2D eigenvalue weighted by Crippen LogP contribution is -2.21. The van der Waals surface area contributed by atoms with Crippen LogP contribution in [0.3, 0.4) is 0 Å². The van der Waals surface area contributed by atoms with Crippen LogP contribution in [0, 0.1) is 0 Å². The van der Waals surface area contributed by atoms with Crippen LogP contribution in [0.2, 0.25) is 0 Å². The van der Waals surface area contributed by atoms with Gasteiger partial charge in [-0.15, -0.1) is 0 Å². The van der Waals surface area contributed by atoms with E-state index in [1.54, 1.807) is 24.3 Å². The van der Waals surface area contributed by atoms with Crippen molar-refractivity contribution in [2.45, 2.75) is 18.7 Å². The summed E-state index contributed by atoms with van der Waals surface area (Å²) in [6.07, 6.45) is -4.40. The first kappa shape index (κ1) is 15.4. The minimum atomic E-state index is -4.40. The second-order valence-corrected chi connectivity index (χ2v) is 4.84. The van der Waals surface area contributed by atoms with Gasteiger partial charge in [0.25, 0.3) is 0 Å². The first-order valence-corrected chi connectivity index (χ1v) is 6.28. The fourth-order valence-electron chi connectivity index (χ4n) is 2.05. The van der Waals surface area contributed by atoms with Gasteiger partial charge in [0, 0.05) is 0 Å². The molecule has 0 fully saturated rings.